The molecule has 2 aromatic rings. The number of nitrogens with zero attached hydrogens (tertiary/aromatic N) is 1. The highest BCUT2D eigenvalue weighted by Crippen LogP contribution is 2.19. The Labute approximate surface area is 148 Å². The first-order valence-corrected chi connectivity index (χ1v) is 7.66. The van der Waals surface area contributed by atoms with Crippen molar-refractivity contribution in [3.8, 4) is 0 Å². The molecular weight excluding hydrogens is 350 g/mol. The van der Waals surface area contributed by atoms with E-state index in [-0.39, 0.29) is 24.3 Å². The van der Waals surface area contributed by atoms with Crippen LogP contribution < -0.4 is 0 Å². The van der Waals surface area contributed by atoms with Crippen molar-refractivity contribution >= 4 is 29.2 Å². The van der Waals surface area contributed by atoms with E-state index in [4.69, 9.17) is 21.1 Å². The number of carbonyl (C=O) groups is 2. The Kier molecular flexibility index (Phi) is 6.08. The third-order valence-corrected chi connectivity index (χ3v) is 3.41. The summed E-state index contributed by atoms with van der Waals surface area (Å²) in [7, 11) is 0. The minimum atomic E-state index is -0.788. The molecule has 0 aliphatic rings. The van der Waals surface area contributed by atoms with Gasteiger partial charge in [-0.25, -0.2) is 9.59 Å². The second kappa shape index (κ2) is 8.25. The lowest BCUT2D eigenvalue weighted by molar-refractivity contribution is -0.384. The van der Waals surface area contributed by atoms with Crippen molar-refractivity contribution in [3.63, 3.8) is 0 Å². The molecule has 0 radical (unpaired) electrons. The van der Waals surface area contributed by atoms with Crippen LogP contribution in [0, 0.1) is 10.1 Å². The fourth-order valence-electron chi connectivity index (χ4n) is 1.98. The first kappa shape index (κ1) is 18.4. The number of hydrogen-bond acceptors (Lipinski definition) is 6. The Morgan fingerprint density at radius 2 is 1.60 bits per heavy atom. The van der Waals surface area contributed by atoms with E-state index in [9.17, 15) is 19.7 Å². The molecule has 0 amide bonds. The molecular formula is C17H14ClNO6. The van der Waals surface area contributed by atoms with Gasteiger partial charge in [0.15, 0.2) is 0 Å². The maximum atomic E-state index is 12.2. The smallest absolute Gasteiger partial charge is 0.338 e. The van der Waals surface area contributed by atoms with Crippen LogP contribution >= 0.6 is 11.6 Å². The Morgan fingerprint density at radius 1 is 1.04 bits per heavy atom. The summed E-state index contributed by atoms with van der Waals surface area (Å²) in [5, 5.41) is 11.6. The average molecular weight is 364 g/mol. The SMILES string of the molecule is CCOC(=O)c1cc(C(=O)OCc2ccc(Cl)cc2)cc([N+](=O)[O-])c1. The van der Waals surface area contributed by atoms with Crippen molar-refractivity contribution in [2.75, 3.05) is 6.61 Å². The molecule has 7 nitrogen and oxygen atoms in total. The van der Waals surface area contributed by atoms with Crippen LogP contribution in [0.1, 0.15) is 33.2 Å². The van der Waals surface area contributed by atoms with Crippen molar-refractivity contribution in [2.24, 2.45) is 0 Å². The van der Waals surface area contributed by atoms with Gasteiger partial charge in [0.1, 0.15) is 6.61 Å². The molecule has 0 aliphatic carbocycles. The van der Waals surface area contributed by atoms with Crippen molar-refractivity contribution < 1.29 is 24.0 Å². The van der Waals surface area contributed by atoms with E-state index >= 15 is 0 Å². The van der Waals surface area contributed by atoms with Gasteiger partial charge in [0.2, 0.25) is 0 Å². The molecule has 0 saturated carbocycles. The predicted octanol–water partition coefficient (Wildman–Crippen LogP) is 3.78. The number of halogens is 1. The molecule has 0 aromatic heterocycles. The molecule has 8 heteroatoms. The molecule has 0 atom stereocenters. The number of carbonyl (C=O) groups excluding carboxylic acids is 2. The van der Waals surface area contributed by atoms with E-state index in [2.05, 4.69) is 0 Å². The molecule has 25 heavy (non-hydrogen) atoms. The zero-order chi connectivity index (χ0) is 18.4. The van der Waals surface area contributed by atoms with E-state index in [1.807, 2.05) is 0 Å². The van der Waals surface area contributed by atoms with Gasteiger partial charge in [-0.1, -0.05) is 23.7 Å². The van der Waals surface area contributed by atoms with Crippen LogP contribution in [0.15, 0.2) is 42.5 Å². The summed E-state index contributed by atoms with van der Waals surface area (Å²) >= 11 is 5.77. The number of nitro benzene ring substituents is 1. The lowest BCUT2D eigenvalue weighted by Crippen LogP contribution is -2.10. The van der Waals surface area contributed by atoms with Crippen molar-refractivity contribution in [3.05, 3.63) is 74.3 Å². The second-order valence-electron chi connectivity index (χ2n) is 4.95. The number of ether oxygens (including phenoxy) is 2. The summed E-state index contributed by atoms with van der Waals surface area (Å²) in [6, 6.07) is 9.98. The molecule has 0 N–H and O–H groups in total. The van der Waals surface area contributed by atoms with E-state index in [1.165, 1.54) is 6.07 Å². The molecule has 0 bridgehead atoms. The molecule has 2 rings (SSSR count). The van der Waals surface area contributed by atoms with E-state index < -0.39 is 22.5 Å². The zero-order valence-electron chi connectivity index (χ0n) is 13.2. The van der Waals surface area contributed by atoms with Crippen molar-refractivity contribution in [1.82, 2.24) is 0 Å². The number of benzene rings is 2. The van der Waals surface area contributed by atoms with Gasteiger partial charge in [0, 0.05) is 17.2 Å². The van der Waals surface area contributed by atoms with E-state index in [1.54, 1.807) is 31.2 Å². The lowest BCUT2D eigenvalue weighted by atomic mass is 10.1. The highest BCUT2D eigenvalue weighted by molar-refractivity contribution is 6.30. The predicted molar refractivity (Wildman–Crippen MR) is 89.6 cm³/mol. The number of nitro groups is 1. The molecule has 0 spiro atoms. The highest BCUT2D eigenvalue weighted by Gasteiger charge is 2.19. The average Bonchev–Trinajstić information content (AvgIpc) is 2.60. The van der Waals surface area contributed by atoms with Crippen LogP contribution in [0.25, 0.3) is 0 Å². The van der Waals surface area contributed by atoms with Gasteiger partial charge in [-0.3, -0.25) is 10.1 Å². The quantitative estimate of drug-likeness (QED) is 0.440. The molecule has 0 heterocycles. The summed E-state index contributed by atoms with van der Waals surface area (Å²) in [4.78, 5) is 34.3. The fourth-order valence-corrected chi connectivity index (χ4v) is 2.11. The van der Waals surface area contributed by atoms with Crippen molar-refractivity contribution in [2.45, 2.75) is 13.5 Å². The summed E-state index contributed by atoms with van der Waals surface area (Å²) in [6.07, 6.45) is 0. The van der Waals surface area contributed by atoms with Gasteiger partial charge >= 0.3 is 11.9 Å². The van der Waals surface area contributed by atoms with Crippen LogP contribution in [-0.2, 0) is 16.1 Å². The molecule has 0 fully saturated rings. The van der Waals surface area contributed by atoms with Gasteiger partial charge in [-0.15, -0.1) is 0 Å². The first-order chi connectivity index (χ1) is 11.9. The largest absolute Gasteiger partial charge is 0.462 e. The molecule has 2 aromatic carbocycles. The normalized spacial score (nSPS) is 10.2. The monoisotopic (exact) mass is 363 g/mol. The van der Waals surface area contributed by atoms with Gasteiger partial charge in [0.25, 0.3) is 5.69 Å². The summed E-state index contributed by atoms with van der Waals surface area (Å²) in [5.41, 5.74) is 0.110. The Morgan fingerprint density at radius 3 is 2.12 bits per heavy atom. The van der Waals surface area contributed by atoms with Crippen LogP contribution in [0.3, 0.4) is 0 Å². The van der Waals surface area contributed by atoms with Crippen LogP contribution in [0.2, 0.25) is 5.02 Å². The molecule has 130 valence electrons. The van der Waals surface area contributed by atoms with Gasteiger partial charge in [-0.2, -0.15) is 0 Å². The number of non-ortho nitro benzene ring substituents is 1. The van der Waals surface area contributed by atoms with Crippen LogP contribution in [-0.4, -0.2) is 23.5 Å². The maximum Gasteiger partial charge on any atom is 0.338 e. The zero-order valence-corrected chi connectivity index (χ0v) is 14.0. The minimum Gasteiger partial charge on any atom is -0.462 e. The number of esters is 2. The first-order valence-electron chi connectivity index (χ1n) is 7.29. The summed E-state index contributed by atoms with van der Waals surface area (Å²) in [5.74, 6) is -1.54. The van der Waals surface area contributed by atoms with E-state index in [0.29, 0.717) is 10.6 Å². The summed E-state index contributed by atoms with van der Waals surface area (Å²) in [6.45, 7) is 1.68. The second-order valence-corrected chi connectivity index (χ2v) is 5.39. The van der Waals surface area contributed by atoms with Gasteiger partial charge in [-0.05, 0) is 30.7 Å². The molecule has 0 unspecified atom stereocenters. The topological polar surface area (TPSA) is 95.7 Å². The standard InChI is InChI=1S/C17H14ClNO6/c1-2-24-16(20)12-7-13(9-15(8-12)19(22)23)17(21)25-10-11-3-5-14(18)6-4-11/h3-9H,2,10H2,1H3. The summed E-state index contributed by atoms with van der Waals surface area (Å²) < 4.78 is 9.94. The molecule has 0 aliphatic heterocycles. The number of hydrogen-bond donors (Lipinski definition) is 0. The molecule has 0 saturated heterocycles. The van der Waals surface area contributed by atoms with E-state index in [0.717, 1.165) is 12.1 Å². The lowest BCUT2D eigenvalue weighted by Gasteiger charge is -2.07. The Balaban J connectivity index is 2.20. The number of rotatable bonds is 6. The fraction of sp³-hybridized carbons (Fsp3) is 0.176. The Bertz CT molecular complexity index is 803. The van der Waals surface area contributed by atoms with Gasteiger partial charge in [0.05, 0.1) is 22.7 Å². The third-order valence-electron chi connectivity index (χ3n) is 3.16. The van der Waals surface area contributed by atoms with Crippen LogP contribution in [0.4, 0.5) is 5.69 Å². The third kappa shape index (κ3) is 5.02. The van der Waals surface area contributed by atoms with Gasteiger partial charge < -0.3 is 9.47 Å². The minimum absolute atomic E-state index is 0.0343. The van der Waals surface area contributed by atoms with Crippen molar-refractivity contribution in [1.29, 1.82) is 0 Å². The Hall–Kier alpha value is -2.93. The van der Waals surface area contributed by atoms with Crippen LogP contribution in [0.5, 0.6) is 0 Å². The highest BCUT2D eigenvalue weighted by atomic mass is 35.5. The maximum absolute atomic E-state index is 12.2.